The molecule has 7 nitrogen and oxygen atoms in total. The molecule has 0 spiro atoms. The maximum Gasteiger partial charge on any atom is 0.275 e. The molecule has 0 fully saturated rings. The van der Waals surface area contributed by atoms with Crippen LogP contribution in [0.3, 0.4) is 0 Å². The molecule has 3 aromatic rings. The Balaban J connectivity index is 1.74. The predicted molar refractivity (Wildman–Crippen MR) is 96.3 cm³/mol. The van der Waals surface area contributed by atoms with Crippen LogP contribution in [0, 0.1) is 6.92 Å². The minimum Gasteiger partial charge on any atom is -0.493 e. The molecule has 1 amide bonds. The minimum absolute atomic E-state index is 0.240. The van der Waals surface area contributed by atoms with E-state index >= 15 is 0 Å². The van der Waals surface area contributed by atoms with E-state index in [4.69, 9.17) is 9.47 Å². The first-order valence-corrected chi connectivity index (χ1v) is 7.95. The summed E-state index contributed by atoms with van der Waals surface area (Å²) in [6.45, 7) is 2.15. The standard InChI is InChI=1S/C19H18N4O3/c1-13-9-22-16(11-21-13)19(24)23-15-5-6-17(25-2)18(8-15)26-12-14-4-3-7-20-10-14/h3-11H,12H2,1-2H3,(H,23,24). The van der Waals surface area contributed by atoms with Crippen molar-refractivity contribution in [1.29, 1.82) is 0 Å². The van der Waals surface area contributed by atoms with Crippen LogP contribution in [0.1, 0.15) is 21.7 Å². The van der Waals surface area contributed by atoms with E-state index in [0.717, 1.165) is 11.3 Å². The SMILES string of the molecule is COc1ccc(NC(=O)c2cnc(C)cn2)cc1OCc1cccnc1. The van der Waals surface area contributed by atoms with Crippen LogP contribution in [0.5, 0.6) is 11.5 Å². The number of nitrogens with zero attached hydrogens (tertiary/aromatic N) is 3. The molecule has 0 bridgehead atoms. The molecule has 1 aromatic carbocycles. The van der Waals surface area contributed by atoms with Crippen molar-refractivity contribution in [3.8, 4) is 11.5 Å². The van der Waals surface area contributed by atoms with Crippen molar-refractivity contribution in [3.63, 3.8) is 0 Å². The Kier molecular flexibility index (Phi) is 5.38. The number of anilines is 1. The number of pyridine rings is 1. The van der Waals surface area contributed by atoms with Gasteiger partial charge in [0.1, 0.15) is 12.3 Å². The van der Waals surface area contributed by atoms with E-state index in [0.29, 0.717) is 23.8 Å². The molecule has 0 saturated heterocycles. The number of nitrogens with one attached hydrogen (secondary N) is 1. The van der Waals surface area contributed by atoms with E-state index in [2.05, 4.69) is 20.3 Å². The highest BCUT2D eigenvalue weighted by Gasteiger charge is 2.11. The molecule has 2 heterocycles. The molecular formula is C19H18N4O3. The third kappa shape index (κ3) is 4.32. The van der Waals surface area contributed by atoms with Gasteiger partial charge in [0.05, 0.1) is 19.0 Å². The Morgan fingerprint density at radius 3 is 2.69 bits per heavy atom. The molecule has 0 aliphatic heterocycles. The van der Waals surface area contributed by atoms with Gasteiger partial charge in [0.25, 0.3) is 5.91 Å². The first-order chi connectivity index (χ1) is 12.7. The minimum atomic E-state index is -0.346. The first kappa shape index (κ1) is 17.3. The molecule has 0 unspecified atom stereocenters. The van der Waals surface area contributed by atoms with Gasteiger partial charge in [-0.2, -0.15) is 0 Å². The summed E-state index contributed by atoms with van der Waals surface area (Å²) in [7, 11) is 1.56. The fourth-order valence-electron chi connectivity index (χ4n) is 2.22. The van der Waals surface area contributed by atoms with Crippen molar-refractivity contribution in [2.75, 3.05) is 12.4 Å². The number of carbonyl (C=O) groups excluding carboxylic acids is 1. The van der Waals surface area contributed by atoms with Crippen LogP contribution in [0.15, 0.2) is 55.1 Å². The zero-order valence-electron chi connectivity index (χ0n) is 14.5. The van der Waals surface area contributed by atoms with Gasteiger partial charge in [0.2, 0.25) is 0 Å². The Hall–Kier alpha value is -3.48. The molecule has 0 atom stereocenters. The van der Waals surface area contributed by atoms with Gasteiger partial charge in [0, 0.05) is 35.9 Å². The van der Waals surface area contributed by atoms with Gasteiger partial charge < -0.3 is 14.8 Å². The normalized spacial score (nSPS) is 10.2. The molecule has 1 N–H and O–H groups in total. The first-order valence-electron chi connectivity index (χ1n) is 7.95. The fraction of sp³-hybridized carbons (Fsp3) is 0.158. The number of aromatic nitrogens is 3. The lowest BCUT2D eigenvalue weighted by Crippen LogP contribution is -2.14. The van der Waals surface area contributed by atoms with Crippen LogP contribution in [0.25, 0.3) is 0 Å². The van der Waals surface area contributed by atoms with Crippen molar-refractivity contribution >= 4 is 11.6 Å². The second-order valence-electron chi connectivity index (χ2n) is 5.51. The van der Waals surface area contributed by atoms with Gasteiger partial charge in [-0.25, -0.2) is 4.98 Å². The average Bonchev–Trinajstić information content (AvgIpc) is 2.68. The zero-order chi connectivity index (χ0) is 18.4. The van der Waals surface area contributed by atoms with Crippen molar-refractivity contribution in [2.24, 2.45) is 0 Å². The van der Waals surface area contributed by atoms with E-state index < -0.39 is 0 Å². The third-order valence-corrected chi connectivity index (χ3v) is 3.55. The number of rotatable bonds is 6. The molecule has 7 heteroatoms. The second kappa shape index (κ2) is 8.06. The highest BCUT2D eigenvalue weighted by molar-refractivity contribution is 6.02. The second-order valence-corrected chi connectivity index (χ2v) is 5.51. The van der Waals surface area contributed by atoms with Crippen molar-refractivity contribution in [3.05, 3.63) is 72.1 Å². The number of hydrogen-bond donors (Lipinski definition) is 1. The maximum atomic E-state index is 12.3. The Bertz CT molecular complexity index is 883. The Morgan fingerprint density at radius 1 is 1.12 bits per heavy atom. The molecule has 0 radical (unpaired) electrons. The molecule has 132 valence electrons. The van der Waals surface area contributed by atoms with Gasteiger partial charge >= 0.3 is 0 Å². The van der Waals surface area contributed by atoms with Crippen LogP contribution in [0.2, 0.25) is 0 Å². The van der Waals surface area contributed by atoms with Crippen LogP contribution >= 0.6 is 0 Å². The van der Waals surface area contributed by atoms with E-state index in [1.165, 1.54) is 6.20 Å². The van der Waals surface area contributed by atoms with Crippen molar-refractivity contribution in [2.45, 2.75) is 13.5 Å². The summed E-state index contributed by atoms with van der Waals surface area (Å²) in [5.41, 5.74) is 2.49. The van der Waals surface area contributed by atoms with Crippen molar-refractivity contribution < 1.29 is 14.3 Å². The lowest BCUT2D eigenvalue weighted by atomic mass is 10.2. The number of amides is 1. The highest BCUT2D eigenvalue weighted by atomic mass is 16.5. The van der Waals surface area contributed by atoms with Gasteiger partial charge in [0.15, 0.2) is 11.5 Å². The fourth-order valence-corrected chi connectivity index (χ4v) is 2.22. The van der Waals surface area contributed by atoms with E-state index in [1.54, 1.807) is 43.9 Å². The maximum absolute atomic E-state index is 12.3. The van der Waals surface area contributed by atoms with Gasteiger partial charge in [-0.3, -0.25) is 14.8 Å². The summed E-state index contributed by atoms with van der Waals surface area (Å²) in [5.74, 6) is 0.743. The molecule has 26 heavy (non-hydrogen) atoms. The highest BCUT2D eigenvalue weighted by Crippen LogP contribution is 2.31. The molecule has 3 rings (SSSR count). The molecule has 0 saturated carbocycles. The van der Waals surface area contributed by atoms with Crippen molar-refractivity contribution in [1.82, 2.24) is 15.0 Å². The Labute approximate surface area is 151 Å². The summed E-state index contributed by atoms with van der Waals surface area (Å²) in [5, 5.41) is 2.78. The third-order valence-electron chi connectivity index (χ3n) is 3.55. The van der Waals surface area contributed by atoms with Gasteiger partial charge in [-0.1, -0.05) is 6.07 Å². The van der Waals surface area contributed by atoms with Gasteiger partial charge in [-0.05, 0) is 25.1 Å². The lowest BCUT2D eigenvalue weighted by Gasteiger charge is -2.13. The number of ether oxygens (including phenoxy) is 2. The number of aryl methyl sites for hydroxylation is 1. The molecule has 0 aliphatic carbocycles. The number of methoxy groups -OCH3 is 1. The summed E-state index contributed by atoms with van der Waals surface area (Å²) >= 11 is 0. The lowest BCUT2D eigenvalue weighted by molar-refractivity contribution is 0.102. The monoisotopic (exact) mass is 350 g/mol. The topological polar surface area (TPSA) is 86.2 Å². The number of hydrogen-bond acceptors (Lipinski definition) is 6. The summed E-state index contributed by atoms with van der Waals surface area (Å²) < 4.78 is 11.1. The van der Waals surface area contributed by atoms with E-state index in [9.17, 15) is 4.79 Å². The quantitative estimate of drug-likeness (QED) is 0.735. The number of benzene rings is 1. The molecule has 2 aromatic heterocycles. The summed E-state index contributed by atoms with van der Waals surface area (Å²) in [6.07, 6.45) is 6.42. The van der Waals surface area contributed by atoms with Crippen LogP contribution < -0.4 is 14.8 Å². The Morgan fingerprint density at radius 2 is 2.00 bits per heavy atom. The summed E-state index contributed by atoms with van der Waals surface area (Å²) in [6, 6.07) is 8.93. The zero-order valence-corrected chi connectivity index (χ0v) is 14.5. The predicted octanol–water partition coefficient (Wildman–Crippen LogP) is 3.02. The van der Waals surface area contributed by atoms with Crippen LogP contribution in [0.4, 0.5) is 5.69 Å². The smallest absolute Gasteiger partial charge is 0.275 e. The molecule has 0 aliphatic rings. The van der Waals surface area contributed by atoms with E-state index in [-0.39, 0.29) is 11.6 Å². The number of carbonyl (C=O) groups is 1. The average molecular weight is 350 g/mol. The summed E-state index contributed by atoms with van der Waals surface area (Å²) in [4.78, 5) is 24.5. The van der Waals surface area contributed by atoms with Crippen LogP contribution in [-0.4, -0.2) is 28.0 Å². The largest absolute Gasteiger partial charge is 0.493 e. The van der Waals surface area contributed by atoms with Crippen LogP contribution in [-0.2, 0) is 6.61 Å². The van der Waals surface area contributed by atoms with E-state index in [1.807, 2.05) is 19.1 Å². The van der Waals surface area contributed by atoms with Gasteiger partial charge in [-0.15, -0.1) is 0 Å². The molecular weight excluding hydrogens is 332 g/mol.